The minimum atomic E-state index is -0.990. The first-order chi connectivity index (χ1) is 11.4. The zero-order valence-corrected chi connectivity index (χ0v) is 14.2. The highest BCUT2D eigenvalue weighted by atomic mass is 32.1. The zero-order valence-electron chi connectivity index (χ0n) is 13.4. The molecule has 24 heavy (non-hydrogen) atoms. The Morgan fingerprint density at radius 2 is 1.83 bits per heavy atom. The van der Waals surface area contributed by atoms with Crippen LogP contribution in [0, 0.1) is 0 Å². The van der Waals surface area contributed by atoms with Crippen LogP contribution in [0.4, 0.5) is 5.00 Å². The molecule has 0 saturated heterocycles. The second-order valence-electron chi connectivity index (χ2n) is 5.18. The number of carboxylic acids is 1. The van der Waals surface area contributed by atoms with Crippen LogP contribution < -0.4 is 10.6 Å². The third kappa shape index (κ3) is 4.42. The molecule has 2 rings (SSSR count). The Morgan fingerprint density at radius 3 is 2.38 bits per heavy atom. The van der Waals surface area contributed by atoms with Crippen LogP contribution in [0.3, 0.4) is 0 Å². The average Bonchev–Trinajstić information content (AvgIpc) is 2.95. The lowest BCUT2D eigenvalue weighted by atomic mass is 10.1. The van der Waals surface area contributed by atoms with Gasteiger partial charge in [-0.3, -0.25) is 9.59 Å². The predicted octanol–water partition coefficient (Wildman–Crippen LogP) is 2.90. The van der Waals surface area contributed by atoms with Crippen LogP contribution in [-0.2, 0) is 17.8 Å². The second kappa shape index (κ2) is 7.74. The molecule has 2 amide bonds. The summed E-state index contributed by atoms with van der Waals surface area (Å²) in [4.78, 5) is 35.5. The molecule has 1 aromatic carbocycles. The smallest absolute Gasteiger partial charge is 0.335 e. The van der Waals surface area contributed by atoms with Crippen molar-refractivity contribution in [1.82, 2.24) is 5.32 Å². The van der Waals surface area contributed by atoms with Gasteiger partial charge in [-0.05, 0) is 30.2 Å². The Bertz CT molecular complexity index is 765. The number of aromatic carboxylic acids is 1. The van der Waals surface area contributed by atoms with E-state index in [0.29, 0.717) is 10.6 Å². The minimum absolute atomic E-state index is 0.198. The van der Waals surface area contributed by atoms with E-state index in [1.54, 1.807) is 18.2 Å². The molecule has 1 heterocycles. The molecular formula is C17H18N2O4S. The van der Waals surface area contributed by atoms with Gasteiger partial charge in [0.1, 0.15) is 5.00 Å². The van der Waals surface area contributed by atoms with Gasteiger partial charge in [-0.15, -0.1) is 11.3 Å². The molecule has 3 N–H and O–H groups in total. The van der Waals surface area contributed by atoms with E-state index < -0.39 is 5.97 Å². The monoisotopic (exact) mass is 346 g/mol. The molecule has 0 fully saturated rings. The summed E-state index contributed by atoms with van der Waals surface area (Å²) in [5.41, 5.74) is 1.43. The summed E-state index contributed by atoms with van der Waals surface area (Å²) < 4.78 is 0. The van der Waals surface area contributed by atoms with Crippen molar-refractivity contribution in [2.24, 2.45) is 0 Å². The van der Waals surface area contributed by atoms with Gasteiger partial charge in [-0.2, -0.15) is 0 Å². The van der Waals surface area contributed by atoms with E-state index in [1.165, 1.54) is 30.4 Å². The maximum atomic E-state index is 12.4. The summed E-state index contributed by atoms with van der Waals surface area (Å²) in [5.74, 6) is -1.49. The van der Waals surface area contributed by atoms with Gasteiger partial charge < -0.3 is 15.7 Å². The molecule has 1 aromatic heterocycles. The fourth-order valence-electron chi connectivity index (χ4n) is 2.08. The van der Waals surface area contributed by atoms with Crippen molar-refractivity contribution in [2.45, 2.75) is 26.8 Å². The van der Waals surface area contributed by atoms with Gasteiger partial charge in [0.25, 0.3) is 5.91 Å². The summed E-state index contributed by atoms with van der Waals surface area (Å²) in [5, 5.41) is 14.9. The highest BCUT2D eigenvalue weighted by Crippen LogP contribution is 2.28. The SMILES string of the molecule is CCc1cc(C(=O)NCc2ccc(C(=O)O)cc2)c(NC(C)=O)s1. The Morgan fingerprint density at radius 1 is 1.17 bits per heavy atom. The maximum Gasteiger partial charge on any atom is 0.335 e. The van der Waals surface area contributed by atoms with Crippen LogP contribution in [0.15, 0.2) is 30.3 Å². The molecule has 0 aliphatic carbocycles. The molecule has 0 aliphatic rings. The Hall–Kier alpha value is -2.67. The van der Waals surface area contributed by atoms with Crippen LogP contribution >= 0.6 is 11.3 Å². The Balaban J connectivity index is 2.07. The zero-order chi connectivity index (χ0) is 17.7. The lowest BCUT2D eigenvalue weighted by Crippen LogP contribution is -2.23. The number of carbonyl (C=O) groups is 3. The Kier molecular flexibility index (Phi) is 5.70. The molecule has 7 heteroatoms. The number of thiophene rings is 1. The van der Waals surface area contributed by atoms with Crippen molar-refractivity contribution in [3.05, 3.63) is 51.9 Å². The lowest BCUT2D eigenvalue weighted by Gasteiger charge is -2.07. The van der Waals surface area contributed by atoms with Crippen LogP contribution in [0.1, 0.15) is 45.0 Å². The molecule has 0 spiro atoms. The number of benzene rings is 1. The van der Waals surface area contributed by atoms with Crippen LogP contribution in [0.25, 0.3) is 0 Å². The Labute approximate surface area is 143 Å². The van der Waals surface area contributed by atoms with E-state index in [4.69, 9.17) is 5.11 Å². The molecule has 0 aliphatic heterocycles. The molecule has 6 nitrogen and oxygen atoms in total. The number of amides is 2. The molecule has 0 saturated carbocycles. The highest BCUT2D eigenvalue weighted by molar-refractivity contribution is 7.16. The molecule has 0 unspecified atom stereocenters. The summed E-state index contributed by atoms with van der Waals surface area (Å²) in [6, 6.07) is 8.07. The first-order valence-corrected chi connectivity index (χ1v) is 8.23. The van der Waals surface area contributed by atoms with Gasteiger partial charge in [0, 0.05) is 18.3 Å². The lowest BCUT2D eigenvalue weighted by molar-refractivity contribution is -0.114. The largest absolute Gasteiger partial charge is 0.478 e. The normalized spacial score (nSPS) is 10.2. The summed E-state index contributed by atoms with van der Waals surface area (Å²) in [7, 11) is 0. The predicted molar refractivity (Wildman–Crippen MR) is 92.6 cm³/mol. The maximum absolute atomic E-state index is 12.4. The fraction of sp³-hybridized carbons (Fsp3) is 0.235. The number of anilines is 1. The van der Waals surface area contributed by atoms with Crippen LogP contribution in [0.2, 0.25) is 0 Å². The van der Waals surface area contributed by atoms with Gasteiger partial charge >= 0.3 is 5.97 Å². The number of rotatable bonds is 6. The fourth-order valence-corrected chi connectivity index (χ4v) is 3.12. The molecular weight excluding hydrogens is 328 g/mol. The number of carbonyl (C=O) groups excluding carboxylic acids is 2. The molecule has 126 valence electrons. The van der Waals surface area contributed by atoms with Crippen molar-refractivity contribution in [3.8, 4) is 0 Å². The van der Waals surface area contributed by atoms with E-state index in [0.717, 1.165) is 16.9 Å². The first-order valence-electron chi connectivity index (χ1n) is 7.41. The van der Waals surface area contributed by atoms with E-state index >= 15 is 0 Å². The van der Waals surface area contributed by atoms with Crippen LogP contribution in [0.5, 0.6) is 0 Å². The van der Waals surface area contributed by atoms with Crippen molar-refractivity contribution in [2.75, 3.05) is 5.32 Å². The summed E-state index contributed by atoms with van der Waals surface area (Å²) >= 11 is 1.38. The quantitative estimate of drug-likeness (QED) is 0.749. The number of aryl methyl sites for hydroxylation is 1. The topological polar surface area (TPSA) is 95.5 Å². The third-order valence-corrected chi connectivity index (χ3v) is 4.51. The van der Waals surface area contributed by atoms with Crippen molar-refractivity contribution in [1.29, 1.82) is 0 Å². The summed E-state index contributed by atoms with van der Waals surface area (Å²) in [6.45, 7) is 3.65. The van der Waals surface area contributed by atoms with Crippen LogP contribution in [-0.4, -0.2) is 22.9 Å². The van der Waals surface area contributed by atoms with Gasteiger partial charge in [-0.25, -0.2) is 4.79 Å². The van der Waals surface area contributed by atoms with Gasteiger partial charge in [0.2, 0.25) is 5.91 Å². The first kappa shape index (κ1) is 17.7. The number of hydrogen-bond acceptors (Lipinski definition) is 4. The number of carboxylic acid groups (broad SMARTS) is 1. The van der Waals surface area contributed by atoms with E-state index in [9.17, 15) is 14.4 Å². The number of hydrogen-bond donors (Lipinski definition) is 3. The third-order valence-electron chi connectivity index (χ3n) is 3.32. The molecule has 0 radical (unpaired) electrons. The second-order valence-corrected chi connectivity index (χ2v) is 6.31. The van der Waals surface area contributed by atoms with E-state index in [-0.39, 0.29) is 23.9 Å². The van der Waals surface area contributed by atoms with Crippen molar-refractivity contribution < 1.29 is 19.5 Å². The average molecular weight is 346 g/mol. The van der Waals surface area contributed by atoms with Gasteiger partial charge in [0.15, 0.2) is 0 Å². The van der Waals surface area contributed by atoms with E-state index in [1.807, 2.05) is 6.92 Å². The molecule has 0 atom stereocenters. The number of nitrogens with one attached hydrogen (secondary N) is 2. The minimum Gasteiger partial charge on any atom is -0.478 e. The van der Waals surface area contributed by atoms with Crippen molar-refractivity contribution in [3.63, 3.8) is 0 Å². The van der Waals surface area contributed by atoms with Gasteiger partial charge in [0.05, 0.1) is 11.1 Å². The standard InChI is InChI=1S/C17H18N2O4S/c1-3-13-8-14(16(24-13)19-10(2)20)15(21)18-9-11-4-6-12(7-5-11)17(22)23/h4-8H,3,9H2,1-2H3,(H,18,21)(H,19,20)(H,22,23). The van der Waals surface area contributed by atoms with Gasteiger partial charge in [-0.1, -0.05) is 19.1 Å². The highest BCUT2D eigenvalue weighted by Gasteiger charge is 2.16. The molecule has 2 aromatic rings. The van der Waals surface area contributed by atoms with Crippen molar-refractivity contribution >= 4 is 34.1 Å². The van der Waals surface area contributed by atoms with E-state index in [2.05, 4.69) is 10.6 Å². The molecule has 0 bridgehead atoms. The summed E-state index contributed by atoms with van der Waals surface area (Å²) in [6.07, 6.45) is 0.779.